The molecular weight excluding hydrogens is 368 g/mol. The van der Waals surface area contributed by atoms with Crippen molar-refractivity contribution in [1.82, 2.24) is 5.32 Å². The van der Waals surface area contributed by atoms with Crippen molar-refractivity contribution in [3.63, 3.8) is 0 Å². The summed E-state index contributed by atoms with van der Waals surface area (Å²) in [5, 5.41) is 5.80. The molecule has 0 radical (unpaired) electrons. The van der Waals surface area contributed by atoms with Crippen LogP contribution >= 0.6 is 11.8 Å². The summed E-state index contributed by atoms with van der Waals surface area (Å²) in [6, 6.07) is 25.5. The number of anilines is 1. The predicted octanol–water partition coefficient (Wildman–Crippen LogP) is 4.39. The monoisotopic (exact) mass is 390 g/mol. The SMILES string of the molecule is CSc1cccc(NC(=O)[C@H](Cc2ccccc2)NC(=O)c2ccccc2)c1. The molecule has 28 heavy (non-hydrogen) atoms. The van der Waals surface area contributed by atoms with Crippen molar-refractivity contribution in [1.29, 1.82) is 0 Å². The maximum atomic E-state index is 13.0. The number of hydrogen-bond acceptors (Lipinski definition) is 3. The first-order chi connectivity index (χ1) is 13.7. The minimum Gasteiger partial charge on any atom is -0.340 e. The average Bonchev–Trinajstić information content (AvgIpc) is 2.74. The molecule has 0 heterocycles. The number of carbonyl (C=O) groups excluding carboxylic acids is 2. The molecule has 2 N–H and O–H groups in total. The second-order valence-electron chi connectivity index (χ2n) is 6.30. The van der Waals surface area contributed by atoms with E-state index in [0.29, 0.717) is 17.7 Å². The first-order valence-corrected chi connectivity index (χ1v) is 10.2. The third kappa shape index (κ3) is 5.47. The van der Waals surface area contributed by atoms with Crippen LogP contribution in [0.3, 0.4) is 0 Å². The van der Waals surface area contributed by atoms with Gasteiger partial charge < -0.3 is 10.6 Å². The van der Waals surface area contributed by atoms with Crippen LogP contribution in [0.1, 0.15) is 15.9 Å². The lowest BCUT2D eigenvalue weighted by Gasteiger charge is -2.19. The van der Waals surface area contributed by atoms with E-state index in [4.69, 9.17) is 0 Å². The summed E-state index contributed by atoms with van der Waals surface area (Å²) in [5.74, 6) is -0.513. The lowest BCUT2D eigenvalue weighted by atomic mass is 10.0. The number of amides is 2. The fourth-order valence-electron chi connectivity index (χ4n) is 2.82. The lowest BCUT2D eigenvalue weighted by molar-refractivity contribution is -0.118. The molecule has 0 aliphatic heterocycles. The van der Waals surface area contributed by atoms with Gasteiger partial charge in [-0.1, -0.05) is 54.6 Å². The molecule has 0 bridgehead atoms. The Morgan fingerprint density at radius 1 is 0.893 bits per heavy atom. The molecule has 0 unspecified atom stereocenters. The molecule has 0 saturated carbocycles. The molecule has 0 fully saturated rings. The van der Waals surface area contributed by atoms with E-state index < -0.39 is 6.04 Å². The summed E-state index contributed by atoms with van der Waals surface area (Å²) >= 11 is 1.61. The van der Waals surface area contributed by atoms with Crippen molar-refractivity contribution in [3.8, 4) is 0 Å². The van der Waals surface area contributed by atoms with E-state index in [0.717, 1.165) is 10.5 Å². The quantitative estimate of drug-likeness (QED) is 0.588. The van der Waals surface area contributed by atoms with Crippen molar-refractivity contribution in [2.75, 3.05) is 11.6 Å². The number of benzene rings is 3. The molecule has 0 aliphatic rings. The van der Waals surface area contributed by atoms with Crippen molar-refractivity contribution in [2.45, 2.75) is 17.4 Å². The zero-order valence-electron chi connectivity index (χ0n) is 15.6. The first-order valence-electron chi connectivity index (χ1n) is 9.00. The van der Waals surface area contributed by atoms with Crippen LogP contribution in [0.25, 0.3) is 0 Å². The van der Waals surface area contributed by atoms with Gasteiger partial charge in [0.15, 0.2) is 0 Å². The van der Waals surface area contributed by atoms with Gasteiger partial charge in [-0.15, -0.1) is 11.8 Å². The Kier molecular flexibility index (Phi) is 6.87. The van der Waals surface area contributed by atoms with E-state index in [9.17, 15) is 9.59 Å². The van der Waals surface area contributed by atoms with Gasteiger partial charge in [-0.3, -0.25) is 9.59 Å². The molecule has 142 valence electrons. The molecule has 2 amide bonds. The Bertz CT molecular complexity index is 930. The number of nitrogens with one attached hydrogen (secondary N) is 2. The second kappa shape index (κ2) is 9.76. The Balaban J connectivity index is 1.78. The normalized spacial score (nSPS) is 11.5. The van der Waals surface area contributed by atoms with Gasteiger partial charge in [-0.25, -0.2) is 0 Å². The van der Waals surface area contributed by atoms with Crippen LogP contribution in [0.2, 0.25) is 0 Å². The van der Waals surface area contributed by atoms with E-state index in [1.165, 1.54) is 0 Å². The molecule has 3 aromatic carbocycles. The Morgan fingerprint density at radius 2 is 1.57 bits per heavy atom. The van der Waals surface area contributed by atoms with Crippen LogP contribution in [0, 0.1) is 0 Å². The Labute approximate surface area is 169 Å². The fourth-order valence-corrected chi connectivity index (χ4v) is 3.28. The van der Waals surface area contributed by atoms with E-state index >= 15 is 0 Å². The largest absolute Gasteiger partial charge is 0.340 e. The highest BCUT2D eigenvalue weighted by molar-refractivity contribution is 7.98. The summed E-state index contributed by atoms with van der Waals surface area (Å²) < 4.78 is 0. The van der Waals surface area contributed by atoms with E-state index in [1.807, 2.05) is 66.9 Å². The van der Waals surface area contributed by atoms with Crippen LogP contribution in [0.15, 0.2) is 89.8 Å². The number of rotatable bonds is 7. The Hall–Kier alpha value is -3.05. The first kappa shape index (κ1) is 19.7. The van der Waals surface area contributed by atoms with E-state index in [2.05, 4.69) is 10.6 Å². The van der Waals surface area contributed by atoms with Crippen molar-refractivity contribution in [2.24, 2.45) is 0 Å². The van der Waals surface area contributed by atoms with Gasteiger partial charge in [-0.05, 0) is 42.2 Å². The third-order valence-electron chi connectivity index (χ3n) is 4.28. The highest BCUT2D eigenvalue weighted by Crippen LogP contribution is 2.19. The third-order valence-corrected chi connectivity index (χ3v) is 5.00. The summed E-state index contributed by atoms with van der Waals surface area (Å²) in [6.45, 7) is 0. The Morgan fingerprint density at radius 3 is 2.25 bits per heavy atom. The van der Waals surface area contributed by atoms with Gasteiger partial charge in [0.1, 0.15) is 6.04 Å². The molecule has 3 rings (SSSR count). The summed E-state index contributed by atoms with van der Waals surface area (Å²) in [6.07, 6.45) is 2.40. The molecule has 4 nitrogen and oxygen atoms in total. The zero-order valence-corrected chi connectivity index (χ0v) is 16.4. The second-order valence-corrected chi connectivity index (χ2v) is 7.18. The fraction of sp³-hybridized carbons (Fsp3) is 0.130. The van der Waals surface area contributed by atoms with Crippen molar-refractivity contribution in [3.05, 3.63) is 96.1 Å². The number of thioether (sulfide) groups is 1. The zero-order chi connectivity index (χ0) is 19.8. The predicted molar refractivity (Wildman–Crippen MR) is 115 cm³/mol. The average molecular weight is 391 g/mol. The van der Waals surface area contributed by atoms with Crippen LogP contribution in [-0.4, -0.2) is 24.1 Å². The highest BCUT2D eigenvalue weighted by Gasteiger charge is 2.22. The molecule has 0 spiro atoms. The maximum absolute atomic E-state index is 13.0. The van der Waals surface area contributed by atoms with Gasteiger partial charge in [0, 0.05) is 22.6 Å². The lowest BCUT2D eigenvalue weighted by Crippen LogP contribution is -2.45. The molecule has 3 aromatic rings. The molecular formula is C23H22N2O2S. The molecule has 1 atom stereocenters. The highest BCUT2D eigenvalue weighted by atomic mass is 32.2. The van der Waals surface area contributed by atoms with Gasteiger partial charge in [0.25, 0.3) is 5.91 Å². The summed E-state index contributed by atoms with van der Waals surface area (Å²) in [7, 11) is 0. The standard InChI is InChI=1S/C23H22N2O2S/c1-28-20-14-8-13-19(16-20)24-23(27)21(15-17-9-4-2-5-10-17)25-22(26)18-11-6-3-7-12-18/h2-14,16,21H,15H2,1H3,(H,24,27)(H,25,26)/t21-/m0/s1. The van der Waals surface area contributed by atoms with Gasteiger partial charge in [0.05, 0.1) is 0 Å². The van der Waals surface area contributed by atoms with Crippen LogP contribution < -0.4 is 10.6 Å². The van der Waals surface area contributed by atoms with E-state index in [-0.39, 0.29) is 11.8 Å². The molecule has 0 saturated heterocycles. The van der Waals surface area contributed by atoms with Crippen LogP contribution in [-0.2, 0) is 11.2 Å². The van der Waals surface area contributed by atoms with Gasteiger partial charge in [0.2, 0.25) is 5.91 Å². The smallest absolute Gasteiger partial charge is 0.251 e. The number of carbonyl (C=O) groups is 2. The molecule has 5 heteroatoms. The maximum Gasteiger partial charge on any atom is 0.251 e. The van der Waals surface area contributed by atoms with Crippen molar-refractivity contribution >= 4 is 29.3 Å². The molecule has 0 aromatic heterocycles. The topological polar surface area (TPSA) is 58.2 Å². The van der Waals surface area contributed by atoms with Gasteiger partial charge >= 0.3 is 0 Å². The number of hydrogen-bond donors (Lipinski definition) is 2. The summed E-state index contributed by atoms with van der Waals surface area (Å²) in [4.78, 5) is 26.6. The van der Waals surface area contributed by atoms with E-state index in [1.54, 1.807) is 36.0 Å². The minimum atomic E-state index is -0.687. The molecule has 0 aliphatic carbocycles. The summed E-state index contributed by atoms with van der Waals surface area (Å²) in [5.41, 5.74) is 2.22. The van der Waals surface area contributed by atoms with Crippen molar-refractivity contribution < 1.29 is 9.59 Å². The van der Waals surface area contributed by atoms with Gasteiger partial charge in [-0.2, -0.15) is 0 Å². The minimum absolute atomic E-state index is 0.244. The van der Waals surface area contributed by atoms with Crippen LogP contribution in [0.5, 0.6) is 0 Å². The van der Waals surface area contributed by atoms with Crippen LogP contribution in [0.4, 0.5) is 5.69 Å².